The average Bonchev–Trinajstić information content (AvgIpc) is 3.33. The number of piperazine rings is 1. The summed E-state index contributed by atoms with van der Waals surface area (Å²) < 4.78 is 27.7. The van der Waals surface area contributed by atoms with Gasteiger partial charge >= 0.3 is 0 Å². The third-order valence-electron chi connectivity index (χ3n) is 6.28. The summed E-state index contributed by atoms with van der Waals surface area (Å²) in [5.74, 6) is 0.154. The van der Waals surface area contributed by atoms with Gasteiger partial charge in [0, 0.05) is 44.3 Å². The largest absolute Gasteiger partial charge is 0.369 e. The van der Waals surface area contributed by atoms with Gasteiger partial charge in [-0.1, -0.05) is 42.0 Å². The maximum absolute atomic E-state index is 13.1. The first kappa shape index (κ1) is 23.1. The fourth-order valence-electron chi connectivity index (χ4n) is 4.42. The highest BCUT2D eigenvalue weighted by molar-refractivity contribution is 7.90. The summed E-state index contributed by atoms with van der Waals surface area (Å²) in [6.45, 7) is 5.14. The number of anilines is 1. The Balaban J connectivity index is 1.43. The Morgan fingerprint density at radius 2 is 1.66 bits per heavy atom. The highest BCUT2D eigenvalue weighted by Gasteiger charge is 2.32. The number of hydrogen-bond donors (Lipinski definition) is 0. The third-order valence-corrected chi connectivity index (χ3v) is 7.85. The number of sulfone groups is 1. The molecule has 0 N–H and O–H groups in total. The molecule has 0 radical (unpaired) electrons. The molecule has 1 aliphatic heterocycles. The average molecular weight is 490 g/mol. The summed E-state index contributed by atoms with van der Waals surface area (Å²) in [6.07, 6.45) is 3.51. The summed E-state index contributed by atoms with van der Waals surface area (Å²) in [4.78, 5) is 9.19. The molecular weight excluding hydrogens is 462 g/mol. The Labute approximate surface area is 204 Å². The molecule has 1 saturated heterocycles. The van der Waals surface area contributed by atoms with Crippen molar-refractivity contribution in [2.24, 2.45) is 0 Å². The van der Waals surface area contributed by atoms with Gasteiger partial charge in [0.05, 0.1) is 10.9 Å². The van der Waals surface area contributed by atoms with E-state index in [1.54, 1.807) is 36.7 Å². The van der Waals surface area contributed by atoms with E-state index in [4.69, 9.17) is 0 Å². The van der Waals surface area contributed by atoms with Gasteiger partial charge in [-0.05, 0) is 53.2 Å². The van der Waals surface area contributed by atoms with E-state index in [1.165, 1.54) is 10.4 Å². The van der Waals surface area contributed by atoms with Crippen LogP contribution in [0.4, 0.5) is 5.69 Å². The SMILES string of the molecule is Cc1ccc(S(=O)(=O)Cn2nnnc2C(c2cccnc2)N2CCN(c3ccccc3)CC2)cc1. The molecular formula is C25H27N7O2S. The summed E-state index contributed by atoms with van der Waals surface area (Å²) in [6, 6.07) is 20.7. The molecule has 35 heavy (non-hydrogen) atoms. The van der Waals surface area contributed by atoms with Crippen molar-refractivity contribution in [2.45, 2.75) is 23.7 Å². The lowest BCUT2D eigenvalue weighted by atomic mass is 10.1. The van der Waals surface area contributed by atoms with Crippen LogP contribution in [0.2, 0.25) is 0 Å². The highest BCUT2D eigenvalue weighted by atomic mass is 32.2. The summed E-state index contributed by atoms with van der Waals surface area (Å²) >= 11 is 0. The Morgan fingerprint density at radius 3 is 2.34 bits per heavy atom. The van der Waals surface area contributed by atoms with Crippen molar-refractivity contribution in [1.82, 2.24) is 30.1 Å². The zero-order chi connectivity index (χ0) is 24.3. The van der Waals surface area contributed by atoms with Crippen molar-refractivity contribution < 1.29 is 8.42 Å². The first-order chi connectivity index (χ1) is 17.0. The lowest BCUT2D eigenvalue weighted by molar-refractivity contribution is 0.201. The second kappa shape index (κ2) is 9.93. The maximum atomic E-state index is 13.1. The van der Waals surface area contributed by atoms with Gasteiger partial charge in [0.2, 0.25) is 0 Å². The van der Waals surface area contributed by atoms with Gasteiger partial charge in [0.1, 0.15) is 0 Å². The van der Waals surface area contributed by atoms with Crippen LogP contribution in [0.5, 0.6) is 0 Å². The van der Waals surface area contributed by atoms with Crippen molar-refractivity contribution in [2.75, 3.05) is 31.1 Å². The molecule has 1 unspecified atom stereocenters. The van der Waals surface area contributed by atoms with Crippen molar-refractivity contribution in [3.8, 4) is 0 Å². The number of aryl methyl sites for hydroxylation is 1. The topological polar surface area (TPSA) is 97.1 Å². The van der Waals surface area contributed by atoms with Crippen LogP contribution in [0.1, 0.15) is 23.0 Å². The fourth-order valence-corrected chi connectivity index (χ4v) is 5.62. The first-order valence-electron chi connectivity index (χ1n) is 11.5. The summed E-state index contributed by atoms with van der Waals surface area (Å²) in [5, 5.41) is 12.2. The van der Waals surface area contributed by atoms with E-state index in [9.17, 15) is 8.42 Å². The van der Waals surface area contributed by atoms with Crippen LogP contribution in [0, 0.1) is 6.92 Å². The van der Waals surface area contributed by atoms with E-state index in [-0.39, 0.29) is 16.8 Å². The Morgan fingerprint density at radius 1 is 0.914 bits per heavy atom. The predicted octanol–water partition coefficient (Wildman–Crippen LogP) is 2.72. The molecule has 0 bridgehead atoms. The minimum Gasteiger partial charge on any atom is -0.369 e. The van der Waals surface area contributed by atoms with Crippen LogP contribution in [0.25, 0.3) is 0 Å². The fraction of sp³-hybridized carbons (Fsp3) is 0.280. The molecule has 180 valence electrons. The van der Waals surface area contributed by atoms with Gasteiger partial charge in [-0.3, -0.25) is 9.88 Å². The predicted molar refractivity (Wildman–Crippen MR) is 132 cm³/mol. The monoisotopic (exact) mass is 489 g/mol. The van der Waals surface area contributed by atoms with Crippen LogP contribution in [-0.4, -0.2) is 64.7 Å². The molecule has 1 aliphatic rings. The molecule has 4 aromatic rings. The number of aromatic nitrogens is 5. The van der Waals surface area contributed by atoms with E-state index < -0.39 is 9.84 Å². The smallest absolute Gasteiger partial charge is 0.198 e. The highest BCUT2D eigenvalue weighted by Crippen LogP contribution is 2.29. The number of rotatable bonds is 7. The second-order valence-electron chi connectivity index (χ2n) is 8.64. The van der Waals surface area contributed by atoms with Gasteiger partial charge in [0.15, 0.2) is 21.5 Å². The molecule has 0 aliphatic carbocycles. The van der Waals surface area contributed by atoms with E-state index in [2.05, 4.69) is 42.4 Å². The van der Waals surface area contributed by atoms with Crippen LogP contribution < -0.4 is 4.90 Å². The molecule has 0 amide bonds. The van der Waals surface area contributed by atoms with Crippen molar-refractivity contribution in [3.63, 3.8) is 0 Å². The summed E-state index contributed by atoms with van der Waals surface area (Å²) in [7, 11) is -3.64. The zero-order valence-corrected chi connectivity index (χ0v) is 20.3. The van der Waals surface area contributed by atoms with Crippen molar-refractivity contribution in [3.05, 3.63) is 96.1 Å². The Kier molecular flexibility index (Phi) is 6.56. The number of tetrazole rings is 1. The van der Waals surface area contributed by atoms with Crippen LogP contribution in [-0.2, 0) is 15.7 Å². The van der Waals surface area contributed by atoms with E-state index in [0.717, 1.165) is 37.3 Å². The number of hydrogen-bond acceptors (Lipinski definition) is 8. The molecule has 5 rings (SSSR count). The van der Waals surface area contributed by atoms with Gasteiger partial charge in [0.25, 0.3) is 0 Å². The van der Waals surface area contributed by atoms with Crippen LogP contribution in [0.3, 0.4) is 0 Å². The van der Waals surface area contributed by atoms with Gasteiger partial charge in [-0.15, -0.1) is 5.10 Å². The molecule has 0 spiro atoms. The molecule has 10 heteroatoms. The van der Waals surface area contributed by atoms with Gasteiger partial charge < -0.3 is 4.90 Å². The van der Waals surface area contributed by atoms with Gasteiger partial charge in [-0.2, -0.15) is 0 Å². The molecule has 1 atom stereocenters. The van der Waals surface area contributed by atoms with E-state index >= 15 is 0 Å². The minimum atomic E-state index is -3.64. The summed E-state index contributed by atoms with van der Waals surface area (Å²) in [5.41, 5.74) is 3.11. The van der Waals surface area contributed by atoms with Crippen molar-refractivity contribution in [1.29, 1.82) is 0 Å². The number of para-hydroxylation sites is 1. The van der Waals surface area contributed by atoms with E-state index in [1.807, 2.05) is 37.3 Å². The molecule has 3 heterocycles. The molecule has 1 fully saturated rings. The Bertz CT molecular complexity index is 1350. The normalized spacial score (nSPS) is 15.7. The first-order valence-corrected chi connectivity index (χ1v) is 13.2. The number of benzene rings is 2. The quantitative estimate of drug-likeness (QED) is 0.391. The van der Waals surface area contributed by atoms with Crippen LogP contribution in [0.15, 0.2) is 84.0 Å². The Hall–Kier alpha value is -3.63. The van der Waals surface area contributed by atoms with Gasteiger partial charge in [-0.25, -0.2) is 13.1 Å². The molecule has 9 nitrogen and oxygen atoms in total. The number of pyridine rings is 1. The lowest BCUT2D eigenvalue weighted by Gasteiger charge is -2.39. The van der Waals surface area contributed by atoms with Crippen LogP contribution >= 0.6 is 0 Å². The molecule has 2 aromatic carbocycles. The number of nitrogens with zero attached hydrogens (tertiary/aromatic N) is 7. The van der Waals surface area contributed by atoms with Crippen molar-refractivity contribution >= 4 is 15.5 Å². The zero-order valence-electron chi connectivity index (χ0n) is 19.5. The standard InChI is InChI=1S/C25H27N7O2S/c1-20-9-11-23(12-10-20)35(33,34)19-32-25(27-28-29-32)24(21-6-5-13-26-18-21)31-16-14-30(15-17-31)22-7-3-2-4-8-22/h2-13,18,24H,14-17,19H2,1H3. The third kappa shape index (κ3) is 5.08. The second-order valence-corrected chi connectivity index (χ2v) is 10.6. The minimum absolute atomic E-state index is 0.249. The lowest BCUT2D eigenvalue weighted by Crippen LogP contribution is -2.48. The molecule has 2 aromatic heterocycles. The van der Waals surface area contributed by atoms with E-state index in [0.29, 0.717) is 5.82 Å². The maximum Gasteiger partial charge on any atom is 0.198 e. The molecule has 0 saturated carbocycles.